The Morgan fingerprint density at radius 1 is 1.26 bits per heavy atom. The maximum Gasteiger partial charge on any atom is 0.245 e. The summed E-state index contributed by atoms with van der Waals surface area (Å²) in [6, 6.07) is 8.16. The first kappa shape index (κ1) is 20.8. The Balaban J connectivity index is 2.02. The van der Waals surface area contributed by atoms with Crippen molar-refractivity contribution in [1.82, 2.24) is 15.5 Å². The van der Waals surface area contributed by atoms with Gasteiger partial charge in [-0.25, -0.2) is 0 Å². The van der Waals surface area contributed by atoms with Crippen LogP contribution in [0.1, 0.15) is 25.8 Å². The molecule has 0 aromatic heterocycles. The third-order valence-electron chi connectivity index (χ3n) is 4.17. The largest absolute Gasteiger partial charge is 0.350 e. The number of carbonyl (C=O) groups is 4. The Morgan fingerprint density at radius 2 is 1.93 bits per heavy atom. The molecule has 0 bridgehead atoms. The first-order valence-electron chi connectivity index (χ1n) is 8.63. The van der Waals surface area contributed by atoms with E-state index < -0.39 is 39.8 Å². The molecule has 0 radical (unpaired) electrons. The lowest BCUT2D eigenvalue weighted by Gasteiger charge is -2.19. The Kier molecular flexibility index (Phi) is 7.23. The standard InChI is InChI=1S/C18H23N3O5S/c1-3-21-16(23)9-15(18(21)25)27(26)11-14(20-12(2)22)17(24)19-10-13-7-5-4-6-8-13/h4-8,14-15H,3,9-11H2,1-2H3,(H,19,24)(H,20,22)/t14-,15?,27?/m0/s1. The van der Waals surface area contributed by atoms with E-state index >= 15 is 0 Å². The van der Waals surface area contributed by atoms with Crippen molar-refractivity contribution in [3.8, 4) is 0 Å². The van der Waals surface area contributed by atoms with Crippen LogP contribution >= 0.6 is 0 Å². The fourth-order valence-corrected chi connectivity index (χ4v) is 4.28. The van der Waals surface area contributed by atoms with Crippen molar-refractivity contribution in [3.63, 3.8) is 0 Å². The predicted molar refractivity (Wildman–Crippen MR) is 99.7 cm³/mol. The summed E-state index contributed by atoms with van der Waals surface area (Å²) in [6.45, 7) is 3.40. The van der Waals surface area contributed by atoms with Crippen LogP contribution in [0.4, 0.5) is 0 Å². The highest BCUT2D eigenvalue weighted by atomic mass is 32.2. The zero-order valence-electron chi connectivity index (χ0n) is 15.3. The van der Waals surface area contributed by atoms with Crippen molar-refractivity contribution >= 4 is 34.4 Å². The summed E-state index contributed by atoms with van der Waals surface area (Å²) >= 11 is 0. The van der Waals surface area contributed by atoms with Crippen LogP contribution < -0.4 is 10.6 Å². The SMILES string of the molecule is CCN1C(=O)CC(S(=O)C[C@H](NC(C)=O)C(=O)NCc2ccccc2)C1=O. The molecule has 8 nitrogen and oxygen atoms in total. The van der Waals surface area contributed by atoms with Crippen LogP contribution in [-0.4, -0.2) is 56.3 Å². The lowest BCUT2D eigenvalue weighted by molar-refractivity contribution is -0.138. The van der Waals surface area contributed by atoms with Crippen LogP contribution in [-0.2, 0) is 36.5 Å². The average Bonchev–Trinajstić information content (AvgIpc) is 2.93. The fraction of sp³-hybridized carbons (Fsp3) is 0.444. The molecule has 1 aromatic rings. The van der Waals surface area contributed by atoms with Crippen LogP contribution in [0.25, 0.3) is 0 Å². The highest BCUT2D eigenvalue weighted by Crippen LogP contribution is 2.18. The number of rotatable bonds is 8. The molecule has 0 spiro atoms. The van der Waals surface area contributed by atoms with E-state index in [2.05, 4.69) is 10.6 Å². The number of hydrogen-bond acceptors (Lipinski definition) is 5. The molecule has 2 unspecified atom stereocenters. The smallest absolute Gasteiger partial charge is 0.245 e. The van der Waals surface area contributed by atoms with Crippen molar-refractivity contribution in [3.05, 3.63) is 35.9 Å². The summed E-state index contributed by atoms with van der Waals surface area (Å²) in [6.07, 6.45) is -0.141. The average molecular weight is 393 g/mol. The van der Waals surface area contributed by atoms with E-state index in [1.807, 2.05) is 30.3 Å². The fourth-order valence-electron chi connectivity index (χ4n) is 2.81. The molecule has 4 amide bonds. The minimum absolute atomic E-state index is 0.141. The Bertz CT molecular complexity index is 753. The molecule has 2 rings (SSSR count). The third-order valence-corrected chi connectivity index (χ3v) is 5.84. The number of nitrogens with one attached hydrogen (secondary N) is 2. The monoisotopic (exact) mass is 393 g/mol. The molecule has 3 atom stereocenters. The molecule has 9 heteroatoms. The maximum absolute atomic E-state index is 12.6. The second kappa shape index (κ2) is 9.40. The van der Waals surface area contributed by atoms with Gasteiger partial charge in [0.1, 0.15) is 11.3 Å². The van der Waals surface area contributed by atoms with Crippen molar-refractivity contribution in [2.45, 2.75) is 38.1 Å². The van der Waals surface area contributed by atoms with Crippen molar-refractivity contribution in [2.24, 2.45) is 0 Å². The minimum Gasteiger partial charge on any atom is -0.350 e. The lowest BCUT2D eigenvalue weighted by Crippen LogP contribution is -2.50. The van der Waals surface area contributed by atoms with Gasteiger partial charge in [0.2, 0.25) is 23.6 Å². The van der Waals surface area contributed by atoms with E-state index in [9.17, 15) is 23.4 Å². The van der Waals surface area contributed by atoms with Crippen LogP contribution in [0.5, 0.6) is 0 Å². The molecule has 27 heavy (non-hydrogen) atoms. The summed E-state index contributed by atoms with van der Waals surface area (Å²) in [5.74, 6) is -2.04. The first-order valence-corrected chi connectivity index (χ1v) is 10.0. The van der Waals surface area contributed by atoms with Gasteiger partial charge in [0.05, 0.1) is 12.2 Å². The second-order valence-corrected chi connectivity index (χ2v) is 7.84. The quantitative estimate of drug-likeness (QED) is 0.589. The lowest BCUT2D eigenvalue weighted by atomic mass is 10.2. The number of imide groups is 1. The van der Waals surface area contributed by atoms with Gasteiger partial charge in [-0.15, -0.1) is 0 Å². The van der Waals surface area contributed by atoms with Crippen molar-refractivity contribution in [1.29, 1.82) is 0 Å². The number of benzene rings is 1. The zero-order chi connectivity index (χ0) is 20.0. The minimum atomic E-state index is -1.77. The van der Waals surface area contributed by atoms with Gasteiger partial charge in [-0.05, 0) is 12.5 Å². The number of nitrogens with zero attached hydrogens (tertiary/aromatic N) is 1. The maximum atomic E-state index is 12.6. The molecule has 146 valence electrons. The summed E-state index contributed by atoms with van der Waals surface area (Å²) in [5, 5.41) is 4.18. The van der Waals surface area contributed by atoms with Crippen molar-refractivity contribution < 1.29 is 23.4 Å². The molecule has 1 aliphatic rings. The zero-order valence-corrected chi connectivity index (χ0v) is 16.1. The topological polar surface area (TPSA) is 113 Å². The summed E-state index contributed by atoms with van der Waals surface area (Å²) in [5.41, 5.74) is 0.878. The predicted octanol–water partition coefficient (Wildman–Crippen LogP) is -0.296. The second-order valence-electron chi connectivity index (χ2n) is 6.17. The molecule has 2 N–H and O–H groups in total. The third kappa shape index (κ3) is 5.46. The van der Waals surface area contributed by atoms with Gasteiger partial charge in [0.15, 0.2) is 0 Å². The normalized spacial score (nSPS) is 18.9. The summed E-state index contributed by atoms with van der Waals surface area (Å²) in [7, 11) is -1.77. The highest BCUT2D eigenvalue weighted by Gasteiger charge is 2.42. The van der Waals surface area contributed by atoms with Gasteiger partial charge in [0, 0.05) is 30.8 Å². The molecule has 1 fully saturated rings. The van der Waals surface area contributed by atoms with Crippen LogP contribution in [0.15, 0.2) is 30.3 Å². The summed E-state index contributed by atoms with van der Waals surface area (Å²) in [4.78, 5) is 48.9. The number of likely N-dealkylation sites (tertiary alicyclic amines) is 1. The van der Waals surface area contributed by atoms with Gasteiger partial charge in [-0.2, -0.15) is 0 Å². The molecule has 0 saturated carbocycles. The molecular weight excluding hydrogens is 370 g/mol. The van der Waals surface area contributed by atoms with Crippen molar-refractivity contribution in [2.75, 3.05) is 12.3 Å². The van der Waals surface area contributed by atoms with E-state index in [0.29, 0.717) is 0 Å². The van der Waals surface area contributed by atoms with Crippen LogP contribution in [0.3, 0.4) is 0 Å². The van der Waals surface area contributed by atoms with Gasteiger partial charge >= 0.3 is 0 Å². The van der Waals surface area contributed by atoms with Gasteiger partial charge in [0.25, 0.3) is 0 Å². The first-order chi connectivity index (χ1) is 12.8. The number of amides is 4. The molecule has 1 saturated heterocycles. The van der Waals surface area contributed by atoms with E-state index in [1.165, 1.54) is 6.92 Å². The molecule has 1 aromatic carbocycles. The molecule has 1 aliphatic heterocycles. The molecule has 1 heterocycles. The van der Waals surface area contributed by atoms with Crippen LogP contribution in [0.2, 0.25) is 0 Å². The summed E-state index contributed by atoms with van der Waals surface area (Å²) < 4.78 is 12.6. The van der Waals surface area contributed by atoms with Gasteiger partial charge in [-0.1, -0.05) is 30.3 Å². The van der Waals surface area contributed by atoms with E-state index in [-0.39, 0.29) is 31.2 Å². The number of hydrogen-bond donors (Lipinski definition) is 2. The van der Waals surface area contributed by atoms with E-state index in [0.717, 1.165) is 10.5 Å². The Hall–Kier alpha value is -2.55. The molecular formula is C18H23N3O5S. The van der Waals surface area contributed by atoms with Crippen LogP contribution in [0, 0.1) is 0 Å². The van der Waals surface area contributed by atoms with E-state index in [4.69, 9.17) is 0 Å². The molecule has 0 aliphatic carbocycles. The van der Waals surface area contributed by atoms with Gasteiger partial charge < -0.3 is 10.6 Å². The van der Waals surface area contributed by atoms with E-state index in [1.54, 1.807) is 6.92 Å². The highest BCUT2D eigenvalue weighted by molar-refractivity contribution is 7.86. The Labute approximate surface area is 160 Å². The van der Waals surface area contributed by atoms with Gasteiger partial charge in [-0.3, -0.25) is 28.3 Å². The Morgan fingerprint density at radius 3 is 2.48 bits per heavy atom. The number of carbonyl (C=O) groups excluding carboxylic acids is 4.